The molecule has 3 N–H and O–H groups in total. The molecular weight excluding hydrogens is 228 g/mol. The molecule has 0 fully saturated rings. The summed E-state index contributed by atoms with van der Waals surface area (Å²) in [5, 5.41) is 15.3. The zero-order chi connectivity index (χ0) is 13.2. The zero-order valence-electron chi connectivity index (χ0n) is 10.9. The van der Waals surface area contributed by atoms with Gasteiger partial charge in [0.25, 0.3) is 0 Å². The number of hydrogen-bond acceptors (Lipinski definition) is 3. The third-order valence-electron chi connectivity index (χ3n) is 3.25. The van der Waals surface area contributed by atoms with E-state index in [-0.39, 0.29) is 18.4 Å². The Labute approximate surface area is 107 Å². The molecule has 1 unspecified atom stereocenters. The van der Waals surface area contributed by atoms with Crippen LogP contribution in [-0.2, 0) is 11.2 Å². The Kier molecular flexibility index (Phi) is 3.57. The number of rotatable bonds is 3. The smallest absolute Gasteiger partial charge is 0.225 e. The summed E-state index contributed by atoms with van der Waals surface area (Å²) in [7, 11) is 0. The number of carbonyl (C=O) groups is 1. The molecule has 1 aliphatic heterocycles. The van der Waals surface area contributed by atoms with Crippen molar-refractivity contribution >= 4 is 11.6 Å². The van der Waals surface area contributed by atoms with Gasteiger partial charge in [-0.15, -0.1) is 0 Å². The molecule has 2 rings (SSSR count). The second-order valence-electron chi connectivity index (χ2n) is 5.47. The van der Waals surface area contributed by atoms with Gasteiger partial charge < -0.3 is 15.7 Å². The summed E-state index contributed by atoms with van der Waals surface area (Å²) in [5.41, 5.74) is 1.72. The van der Waals surface area contributed by atoms with Gasteiger partial charge in [-0.1, -0.05) is 18.2 Å². The summed E-state index contributed by atoms with van der Waals surface area (Å²) in [6, 6.07) is 8.04. The number of nitrogens with one attached hydrogen (secondary N) is 2. The van der Waals surface area contributed by atoms with Crippen LogP contribution in [0.15, 0.2) is 24.3 Å². The molecule has 1 amide bonds. The highest BCUT2D eigenvalue weighted by Crippen LogP contribution is 2.24. The maximum absolute atomic E-state index is 12.1. The summed E-state index contributed by atoms with van der Waals surface area (Å²) < 4.78 is 0. The molecule has 1 aliphatic rings. The third-order valence-corrected chi connectivity index (χ3v) is 3.25. The third kappa shape index (κ3) is 2.82. The van der Waals surface area contributed by atoms with Crippen molar-refractivity contribution in [2.45, 2.75) is 25.8 Å². The minimum atomic E-state index is -0.561. The van der Waals surface area contributed by atoms with Crippen LogP contribution < -0.4 is 10.6 Å². The first-order valence-corrected chi connectivity index (χ1v) is 6.26. The first-order chi connectivity index (χ1) is 8.52. The molecule has 0 saturated carbocycles. The summed E-state index contributed by atoms with van der Waals surface area (Å²) in [6.45, 7) is 4.21. The van der Waals surface area contributed by atoms with Crippen LogP contribution in [0.25, 0.3) is 0 Å². The molecule has 1 aromatic rings. The van der Waals surface area contributed by atoms with Crippen molar-refractivity contribution in [1.29, 1.82) is 0 Å². The predicted octanol–water partition coefficient (Wildman–Crippen LogP) is 1.16. The summed E-state index contributed by atoms with van der Waals surface area (Å²) in [6.07, 6.45) is 0.747. The highest BCUT2D eigenvalue weighted by molar-refractivity contribution is 5.81. The van der Waals surface area contributed by atoms with E-state index < -0.39 is 5.54 Å². The molecule has 18 heavy (non-hydrogen) atoms. The van der Waals surface area contributed by atoms with Crippen LogP contribution in [0.4, 0.5) is 5.69 Å². The number of aliphatic hydroxyl groups excluding tert-OH is 1. The summed E-state index contributed by atoms with van der Waals surface area (Å²) in [5.74, 6) is -0.0817. The molecule has 0 aromatic heterocycles. The van der Waals surface area contributed by atoms with E-state index in [1.54, 1.807) is 0 Å². The number of anilines is 1. The van der Waals surface area contributed by atoms with Gasteiger partial charge in [0.1, 0.15) is 0 Å². The van der Waals surface area contributed by atoms with Crippen molar-refractivity contribution in [3.8, 4) is 0 Å². The van der Waals surface area contributed by atoms with Gasteiger partial charge in [0.05, 0.1) is 18.1 Å². The van der Waals surface area contributed by atoms with Gasteiger partial charge in [-0.25, -0.2) is 0 Å². The fourth-order valence-electron chi connectivity index (χ4n) is 2.10. The van der Waals surface area contributed by atoms with Gasteiger partial charge >= 0.3 is 0 Å². The van der Waals surface area contributed by atoms with Crippen molar-refractivity contribution < 1.29 is 9.90 Å². The Bertz CT molecular complexity index is 443. The first kappa shape index (κ1) is 12.9. The SMILES string of the molecule is CC(C)(CO)NC(=O)C1CNc2ccccc2C1. The van der Waals surface area contributed by atoms with Gasteiger partial charge in [0, 0.05) is 12.2 Å². The summed E-state index contributed by atoms with van der Waals surface area (Å²) >= 11 is 0. The topological polar surface area (TPSA) is 61.4 Å². The second-order valence-corrected chi connectivity index (χ2v) is 5.47. The Hall–Kier alpha value is -1.55. The van der Waals surface area contributed by atoms with Gasteiger partial charge in [0.2, 0.25) is 5.91 Å². The molecule has 0 bridgehead atoms. The maximum Gasteiger partial charge on any atom is 0.225 e. The van der Waals surface area contributed by atoms with E-state index in [9.17, 15) is 4.79 Å². The number of hydrogen-bond donors (Lipinski definition) is 3. The second kappa shape index (κ2) is 4.98. The zero-order valence-corrected chi connectivity index (χ0v) is 10.9. The minimum Gasteiger partial charge on any atom is -0.394 e. The van der Waals surface area contributed by atoms with Crippen LogP contribution in [0.2, 0.25) is 0 Å². The van der Waals surface area contributed by atoms with Crippen molar-refractivity contribution in [2.75, 3.05) is 18.5 Å². The Morgan fingerprint density at radius 3 is 2.94 bits per heavy atom. The quantitative estimate of drug-likeness (QED) is 0.752. The fourth-order valence-corrected chi connectivity index (χ4v) is 2.10. The minimum absolute atomic E-state index is 0.00365. The van der Waals surface area contributed by atoms with E-state index in [0.29, 0.717) is 6.54 Å². The van der Waals surface area contributed by atoms with Crippen molar-refractivity contribution in [1.82, 2.24) is 5.32 Å². The van der Waals surface area contributed by atoms with E-state index in [4.69, 9.17) is 5.11 Å². The van der Waals surface area contributed by atoms with Crippen LogP contribution >= 0.6 is 0 Å². The number of aliphatic hydroxyl groups is 1. The average Bonchev–Trinajstić information content (AvgIpc) is 2.37. The number of carbonyl (C=O) groups excluding carboxylic acids is 1. The maximum atomic E-state index is 12.1. The molecule has 0 aliphatic carbocycles. The lowest BCUT2D eigenvalue weighted by Crippen LogP contribution is -2.50. The normalized spacial score (nSPS) is 18.7. The molecule has 0 radical (unpaired) electrons. The molecule has 1 aromatic carbocycles. The monoisotopic (exact) mass is 248 g/mol. The van der Waals surface area contributed by atoms with Crippen molar-refractivity contribution in [3.05, 3.63) is 29.8 Å². The Morgan fingerprint density at radius 1 is 1.50 bits per heavy atom. The van der Waals surface area contributed by atoms with Crippen LogP contribution in [0.3, 0.4) is 0 Å². The highest BCUT2D eigenvalue weighted by atomic mass is 16.3. The molecular formula is C14H20N2O2. The number of para-hydroxylation sites is 1. The average molecular weight is 248 g/mol. The van der Waals surface area contributed by atoms with E-state index in [2.05, 4.69) is 10.6 Å². The molecule has 98 valence electrons. The molecule has 4 nitrogen and oxygen atoms in total. The Balaban J connectivity index is 2.03. The highest BCUT2D eigenvalue weighted by Gasteiger charge is 2.28. The predicted molar refractivity (Wildman–Crippen MR) is 71.4 cm³/mol. The number of benzene rings is 1. The first-order valence-electron chi connectivity index (χ1n) is 6.26. The van der Waals surface area contributed by atoms with Crippen LogP contribution in [0.5, 0.6) is 0 Å². The van der Waals surface area contributed by atoms with Crippen molar-refractivity contribution in [2.24, 2.45) is 5.92 Å². The van der Waals surface area contributed by atoms with Gasteiger partial charge in [0.15, 0.2) is 0 Å². The largest absolute Gasteiger partial charge is 0.394 e. The van der Waals surface area contributed by atoms with E-state index >= 15 is 0 Å². The fraction of sp³-hybridized carbons (Fsp3) is 0.500. The Morgan fingerprint density at radius 2 is 2.22 bits per heavy atom. The molecule has 1 atom stereocenters. The number of fused-ring (bicyclic) bond motifs is 1. The molecule has 0 spiro atoms. The van der Waals surface area contributed by atoms with Gasteiger partial charge in [-0.05, 0) is 31.9 Å². The molecule has 0 saturated heterocycles. The van der Waals surface area contributed by atoms with Gasteiger partial charge in [-0.3, -0.25) is 4.79 Å². The van der Waals surface area contributed by atoms with Crippen LogP contribution in [0, 0.1) is 5.92 Å². The molecule has 1 heterocycles. The lowest BCUT2D eigenvalue weighted by atomic mass is 9.92. The van der Waals surface area contributed by atoms with E-state index in [1.807, 2.05) is 38.1 Å². The summed E-state index contributed by atoms with van der Waals surface area (Å²) in [4.78, 5) is 12.1. The van der Waals surface area contributed by atoms with E-state index in [1.165, 1.54) is 5.56 Å². The number of amides is 1. The van der Waals surface area contributed by atoms with Crippen LogP contribution in [-0.4, -0.2) is 29.7 Å². The molecule has 4 heteroatoms. The van der Waals surface area contributed by atoms with Crippen molar-refractivity contribution in [3.63, 3.8) is 0 Å². The lowest BCUT2D eigenvalue weighted by Gasteiger charge is -2.30. The lowest BCUT2D eigenvalue weighted by molar-refractivity contribution is -0.126. The van der Waals surface area contributed by atoms with Gasteiger partial charge in [-0.2, -0.15) is 0 Å². The van der Waals surface area contributed by atoms with Crippen LogP contribution in [0.1, 0.15) is 19.4 Å². The standard InChI is InChI=1S/C14H20N2O2/c1-14(2,9-17)16-13(18)11-7-10-5-3-4-6-12(10)15-8-11/h3-6,11,15,17H,7-9H2,1-2H3,(H,16,18). The van der Waals surface area contributed by atoms with E-state index in [0.717, 1.165) is 12.1 Å².